The molecule has 0 atom stereocenters. The van der Waals surface area contributed by atoms with Gasteiger partial charge in [0.25, 0.3) is 0 Å². The molecule has 1 saturated heterocycles. The fraction of sp³-hybridized carbons (Fsp3) is 0.583. The van der Waals surface area contributed by atoms with Gasteiger partial charge in [-0.1, -0.05) is 0 Å². The normalized spacial score (nSPS) is 17.7. The Bertz CT molecular complexity index is 389. The lowest BCUT2D eigenvalue weighted by Gasteiger charge is -2.22. The number of hydrogen-bond donors (Lipinski definition) is 1. The van der Waals surface area contributed by atoms with Gasteiger partial charge >= 0.3 is 6.18 Å². The molecule has 2 nitrogen and oxygen atoms in total. The van der Waals surface area contributed by atoms with Crippen molar-refractivity contribution in [1.29, 1.82) is 0 Å². The molecular weight excluding hydrogens is 261 g/mol. The van der Waals surface area contributed by atoms with Crippen LogP contribution in [0, 0.1) is 5.92 Å². The Morgan fingerprint density at radius 2 is 2.06 bits per heavy atom. The van der Waals surface area contributed by atoms with Gasteiger partial charge in [0.2, 0.25) is 0 Å². The number of hydrogen-bond acceptors (Lipinski definition) is 3. The second kappa shape index (κ2) is 5.82. The standard InChI is InChI=1S/C12H15F3N2S/c13-12(14,15)10-2-1-5-16-11(10)17-8-9-3-6-18-7-4-9/h1-2,5,9H,3-4,6-8H2,(H,16,17). The van der Waals surface area contributed by atoms with Crippen LogP contribution in [0.25, 0.3) is 0 Å². The van der Waals surface area contributed by atoms with Crippen LogP contribution in [0.15, 0.2) is 18.3 Å². The first kappa shape index (κ1) is 13.5. The molecule has 0 bridgehead atoms. The van der Waals surface area contributed by atoms with E-state index in [0.29, 0.717) is 12.5 Å². The van der Waals surface area contributed by atoms with Crippen LogP contribution < -0.4 is 5.32 Å². The highest BCUT2D eigenvalue weighted by molar-refractivity contribution is 7.99. The number of pyridine rings is 1. The molecule has 2 rings (SSSR count). The lowest BCUT2D eigenvalue weighted by atomic mass is 10.0. The fourth-order valence-electron chi connectivity index (χ4n) is 1.97. The number of alkyl halides is 3. The zero-order valence-electron chi connectivity index (χ0n) is 9.83. The predicted molar refractivity (Wildman–Crippen MR) is 67.8 cm³/mol. The summed E-state index contributed by atoms with van der Waals surface area (Å²) in [7, 11) is 0. The molecule has 6 heteroatoms. The zero-order valence-corrected chi connectivity index (χ0v) is 10.7. The van der Waals surface area contributed by atoms with Crippen molar-refractivity contribution in [3.63, 3.8) is 0 Å². The van der Waals surface area contributed by atoms with E-state index in [2.05, 4.69) is 10.3 Å². The molecule has 1 fully saturated rings. The molecule has 1 N–H and O–H groups in total. The Morgan fingerprint density at radius 1 is 1.33 bits per heavy atom. The molecule has 2 heterocycles. The molecule has 18 heavy (non-hydrogen) atoms. The van der Waals surface area contributed by atoms with E-state index >= 15 is 0 Å². The molecule has 1 aliphatic heterocycles. The van der Waals surface area contributed by atoms with Crippen LogP contribution in [0.2, 0.25) is 0 Å². The van der Waals surface area contributed by atoms with Crippen LogP contribution in [0.1, 0.15) is 18.4 Å². The molecule has 0 amide bonds. The summed E-state index contributed by atoms with van der Waals surface area (Å²) in [5.74, 6) is 2.60. The Hall–Kier alpha value is -0.910. The number of nitrogens with zero attached hydrogens (tertiary/aromatic N) is 1. The van der Waals surface area contributed by atoms with Crippen molar-refractivity contribution in [2.45, 2.75) is 19.0 Å². The van der Waals surface area contributed by atoms with Crippen molar-refractivity contribution in [3.8, 4) is 0 Å². The lowest BCUT2D eigenvalue weighted by Crippen LogP contribution is -2.21. The Labute approximate surface area is 108 Å². The average Bonchev–Trinajstić information content (AvgIpc) is 2.37. The number of nitrogens with one attached hydrogen (secondary N) is 1. The van der Waals surface area contributed by atoms with E-state index in [4.69, 9.17) is 0 Å². The van der Waals surface area contributed by atoms with Crippen molar-refractivity contribution in [1.82, 2.24) is 4.98 Å². The first-order valence-electron chi connectivity index (χ1n) is 5.91. The highest BCUT2D eigenvalue weighted by atomic mass is 32.2. The SMILES string of the molecule is FC(F)(F)c1cccnc1NCC1CCSCC1. The maximum Gasteiger partial charge on any atom is 0.419 e. The largest absolute Gasteiger partial charge is 0.419 e. The molecule has 1 aliphatic rings. The summed E-state index contributed by atoms with van der Waals surface area (Å²) in [6.07, 6.45) is -0.842. The molecule has 1 aromatic rings. The lowest BCUT2D eigenvalue weighted by molar-refractivity contribution is -0.137. The van der Waals surface area contributed by atoms with Gasteiger partial charge in [0.05, 0.1) is 5.56 Å². The molecule has 0 aromatic carbocycles. The van der Waals surface area contributed by atoms with Crippen molar-refractivity contribution < 1.29 is 13.2 Å². The molecule has 100 valence electrons. The number of anilines is 1. The van der Waals surface area contributed by atoms with Crippen molar-refractivity contribution >= 4 is 17.6 Å². The van der Waals surface area contributed by atoms with Crippen LogP contribution in [-0.2, 0) is 6.18 Å². The smallest absolute Gasteiger partial charge is 0.369 e. The van der Waals surface area contributed by atoms with Crippen molar-refractivity contribution in [2.24, 2.45) is 5.92 Å². The maximum atomic E-state index is 12.7. The van der Waals surface area contributed by atoms with Crippen LogP contribution >= 0.6 is 11.8 Å². The van der Waals surface area contributed by atoms with Gasteiger partial charge in [-0.05, 0) is 42.4 Å². The van der Waals surface area contributed by atoms with Crippen molar-refractivity contribution in [3.05, 3.63) is 23.9 Å². The number of thioether (sulfide) groups is 1. The molecule has 1 aromatic heterocycles. The minimum Gasteiger partial charge on any atom is -0.369 e. The number of halogens is 3. The first-order valence-corrected chi connectivity index (χ1v) is 7.06. The summed E-state index contributed by atoms with van der Waals surface area (Å²) in [6.45, 7) is 0.570. The summed E-state index contributed by atoms with van der Waals surface area (Å²) in [4.78, 5) is 3.79. The summed E-state index contributed by atoms with van der Waals surface area (Å²) in [5.41, 5.74) is -0.685. The van der Waals surface area contributed by atoms with Gasteiger partial charge in [0.15, 0.2) is 0 Å². The molecule has 0 spiro atoms. The highest BCUT2D eigenvalue weighted by Gasteiger charge is 2.34. The Morgan fingerprint density at radius 3 is 2.72 bits per heavy atom. The highest BCUT2D eigenvalue weighted by Crippen LogP contribution is 2.33. The maximum absolute atomic E-state index is 12.7. The van der Waals surface area contributed by atoms with E-state index < -0.39 is 11.7 Å². The van der Waals surface area contributed by atoms with Gasteiger partial charge < -0.3 is 5.32 Å². The van der Waals surface area contributed by atoms with Crippen LogP contribution in [0.4, 0.5) is 19.0 Å². The molecule has 0 unspecified atom stereocenters. The van der Waals surface area contributed by atoms with Gasteiger partial charge in [-0.3, -0.25) is 0 Å². The van der Waals surface area contributed by atoms with Crippen LogP contribution in [0.3, 0.4) is 0 Å². The van der Waals surface area contributed by atoms with E-state index in [1.807, 2.05) is 11.8 Å². The monoisotopic (exact) mass is 276 g/mol. The first-order chi connectivity index (χ1) is 8.57. The fourth-order valence-corrected chi connectivity index (χ4v) is 3.17. The predicted octanol–water partition coefficient (Wildman–Crippen LogP) is 3.66. The van der Waals surface area contributed by atoms with Gasteiger partial charge in [-0.25, -0.2) is 4.98 Å². The number of aromatic nitrogens is 1. The topological polar surface area (TPSA) is 24.9 Å². The second-order valence-electron chi connectivity index (χ2n) is 4.33. The summed E-state index contributed by atoms with van der Waals surface area (Å²) in [5, 5.41) is 2.85. The van der Waals surface area contributed by atoms with E-state index in [1.54, 1.807) is 0 Å². The second-order valence-corrected chi connectivity index (χ2v) is 5.56. The van der Waals surface area contributed by atoms with E-state index in [-0.39, 0.29) is 5.82 Å². The third-order valence-electron chi connectivity index (χ3n) is 3.01. The van der Waals surface area contributed by atoms with Crippen LogP contribution in [-0.4, -0.2) is 23.0 Å². The van der Waals surface area contributed by atoms with Crippen LogP contribution in [0.5, 0.6) is 0 Å². The van der Waals surface area contributed by atoms with Gasteiger partial charge in [0.1, 0.15) is 5.82 Å². The Kier molecular flexibility index (Phi) is 4.37. The molecular formula is C12H15F3N2S. The minimum atomic E-state index is -4.35. The molecule has 0 radical (unpaired) electrons. The van der Waals surface area contributed by atoms with Gasteiger partial charge in [0, 0.05) is 12.7 Å². The summed E-state index contributed by atoms with van der Waals surface area (Å²) >= 11 is 1.90. The van der Waals surface area contributed by atoms with Gasteiger partial charge in [-0.15, -0.1) is 0 Å². The van der Waals surface area contributed by atoms with E-state index in [0.717, 1.165) is 30.4 Å². The quantitative estimate of drug-likeness (QED) is 0.912. The third-order valence-corrected chi connectivity index (χ3v) is 4.06. The zero-order chi connectivity index (χ0) is 13.0. The van der Waals surface area contributed by atoms with Crippen molar-refractivity contribution in [2.75, 3.05) is 23.4 Å². The van der Waals surface area contributed by atoms with E-state index in [1.165, 1.54) is 12.3 Å². The van der Waals surface area contributed by atoms with E-state index in [9.17, 15) is 13.2 Å². The summed E-state index contributed by atoms with van der Waals surface area (Å²) in [6, 6.07) is 2.37. The van der Waals surface area contributed by atoms with Gasteiger partial charge in [-0.2, -0.15) is 24.9 Å². The summed E-state index contributed by atoms with van der Waals surface area (Å²) < 4.78 is 38.2. The average molecular weight is 276 g/mol. The molecule has 0 saturated carbocycles. The number of rotatable bonds is 3. The Balaban J connectivity index is 2.00. The minimum absolute atomic E-state index is 0.0526. The molecule has 0 aliphatic carbocycles. The third kappa shape index (κ3) is 3.54.